The van der Waals surface area contributed by atoms with Crippen molar-refractivity contribution in [1.29, 1.82) is 0 Å². The summed E-state index contributed by atoms with van der Waals surface area (Å²) in [7, 11) is 0. The van der Waals surface area contributed by atoms with Gasteiger partial charge in [-0.1, -0.05) is 0 Å². The number of carbonyl (C=O) groups is 1. The lowest BCUT2D eigenvalue weighted by molar-refractivity contribution is -0.124. The van der Waals surface area contributed by atoms with Crippen LogP contribution in [0.2, 0.25) is 0 Å². The summed E-state index contributed by atoms with van der Waals surface area (Å²) >= 11 is 0. The van der Waals surface area contributed by atoms with Gasteiger partial charge >= 0.3 is 0 Å². The molecule has 4 aliphatic carbocycles. The van der Waals surface area contributed by atoms with Gasteiger partial charge in [-0.3, -0.25) is 9.48 Å². The van der Waals surface area contributed by atoms with Crippen LogP contribution in [0.5, 0.6) is 0 Å². The lowest BCUT2D eigenvalue weighted by Crippen LogP contribution is -2.51. The molecule has 4 bridgehead atoms. The van der Waals surface area contributed by atoms with E-state index in [1.165, 1.54) is 38.5 Å². The molecule has 4 fully saturated rings. The molecule has 0 radical (unpaired) electrons. The molecule has 21 heavy (non-hydrogen) atoms. The zero-order valence-corrected chi connectivity index (χ0v) is 12.4. The Bertz CT molecular complexity index is 515. The van der Waals surface area contributed by atoms with Crippen molar-refractivity contribution in [2.75, 3.05) is 12.3 Å². The quantitative estimate of drug-likeness (QED) is 0.887. The fourth-order valence-electron chi connectivity index (χ4n) is 5.46. The Labute approximate surface area is 125 Å². The highest BCUT2D eigenvalue weighted by Crippen LogP contribution is 2.59. The van der Waals surface area contributed by atoms with Crippen molar-refractivity contribution in [2.24, 2.45) is 23.2 Å². The molecule has 1 amide bonds. The van der Waals surface area contributed by atoms with Gasteiger partial charge in [0.2, 0.25) is 5.91 Å². The van der Waals surface area contributed by atoms with Gasteiger partial charge in [-0.15, -0.1) is 0 Å². The molecule has 3 N–H and O–H groups in total. The molecule has 1 heterocycles. The van der Waals surface area contributed by atoms with E-state index < -0.39 is 0 Å². The molecule has 5 rings (SSSR count). The van der Waals surface area contributed by atoms with Crippen LogP contribution in [-0.2, 0) is 11.3 Å². The first-order valence-electron chi connectivity index (χ1n) is 8.15. The summed E-state index contributed by atoms with van der Waals surface area (Å²) < 4.78 is 1.60. The van der Waals surface area contributed by atoms with Crippen LogP contribution < -0.4 is 11.1 Å². The molecule has 0 unspecified atom stereocenters. The molecular formula is C16H24N4O. The Morgan fingerprint density at radius 3 is 2.43 bits per heavy atom. The number of carbonyl (C=O) groups excluding carboxylic acids is 1. The SMILES string of the molecule is Nc1cnn(CC(=O)NCC23CC4CC(CC(C4)C2)C3)c1. The van der Waals surface area contributed by atoms with E-state index in [0.717, 1.165) is 24.3 Å². The van der Waals surface area contributed by atoms with E-state index in [9.17, 15) is 4.79 Å². The summed E-state index contributed by atoms with van der Waals surface area (Å²) in [5.74, 6) is 2.84. The monoisotopic (exact) mass is 288 g/mol. The van der Waals surface area contributed by atoms with E-state index in [1.807, 2.05) is 0 Å². The highest BCUT2D eigenvalue weighted by Gasteiger charge is 2.50. The van der Waals surface area contributed by atoms with Gasteiger partial charge in [0.15, 0.2) is 0 Å². The van der Waals surface area contributed by atoms with Crippen molar-refractivity contribution in [1.82, 2.24) is 15.1 Å². The second-order valence-corrected chi connectivity index (χ2v) is 7.67. The number of amides is 1. The number of nitrogens with zero attached hydrogens (tertiary/aromatic N) is 2. The van der Waals surface area contributed by atoms with Crippen LogP contribution in [-0.4, -0.2) is 22.2 Å². The minimum absolute atomic E-state index is 0.0499. The first kappa shape index (κ1) is 13.2. The Hall–Kier alpha value is -1.52. The van der Waals surface area contributed by atoms with Crippen molar-refractivity contribution >= 4 is 11.6 Å². The van der Waals surface area contributed by atoms with Crippen LogP contribution in [0.15, 0.2) is 12.4 Å². The molecule has 0 aliphatic heterocycles. The summed E-state index contributed by atoms with van der Waals surface area (Å²) in [4.78, 5) is 12.1. The lowest BCUT2D eigenvalue weighted by Gasteiger charge is -2.56. The Morgan fingerprint density at radius 1 is 1.29 bits per heavy atom. The van der Waals surface area contributed by atoms with Crippen molar-refractivity contribution < 1.29 is 4.79 Å². The van der Waals surface area contributed by atoms with Gasteiger partial charge in [-0.05, 0) is 61.7 Å². The fraction of sp³-hybridized carbons (Fsp3) is 0.750. The molecule has 0 atom stereocenters. The van der Waals surface area contributed by atoms with Crippen LogP contribution in [0.3, 0.4) is 0 Å². The van der Waals surface area contributed by atoms with E-state index in [0.29, 0.717) is 11.1 Å². The van der Waals surface area contributed by atoms with Gasteiger partial charge in [-0.25, -0.2) is 0 Å². The zero-order chi connectivity index (χ0) is 14.4. The third-order valence-corrected chi connectivity index (χ3v) is 5.78. The number of hydrogen-bond acceptors (Lipinski definition) is 3. The van der Waals surface area contributed by atoms with Gasteiger partial charge < -0.3 is 11.1 Å². The maximum atomic E-state index is 12.1. The molecule has 4 saturated carbocycles. The van der Waals surface area contributed by atoms with Crippen molar-refractivity contribution in [3.63, 3.8) is 0 Å². The largest absolute Gasteiger partial charge is 0.396 e. The number of nitrogen functional groups attached to an aromatic ring is 1. The van der Waals surface area contributed by atoms with E-state index in [-0.39, 0.29) is 12.5 Å². The number of aromatic nitrogens is 2. The van der Waals surface area contributed by atoms with Gasteiger partial charge in [0, 0.05) is 12.7 Å². The average molecular weight is 288 g/mol. The lowest BCUT2D eigenvalue weighted by atomic mass is 9.49. The molecule has 1 aromatic rings. The molecular weight excluding hydrogens is 264 g/mol. The second-order valence-electron chi connectivity index (χ2n) is 7.67. The third-order valence-electron chi connectivity index (χ3n) is 5.78. The molecule has 0 saturated heterocycles. The van der Waals surface area contributed by atoms with E-state index >= 15 is 0 Å². The maximum absolute atomic E-state index is 12.1. The molecule has 4 aliphatic rings. The van der Waals surface area contributed by atoms with Gasteiger partial charge in [0.1, 0.15) is 6.54 Å². The average Bonchev–Trinajstić information content (AvgIpc) is 2.80. The van der Waals surface area contributed by atoms with Gasteiger partial charge in [0.05, 0.1) is 11.9 Å². The number of nitrogens with one attached hydrogen (secondary N) is 1. The molecule has 1 aromatic heterocycles. The number of anilines is 1. The summed E-state index contributed by atoms with van der Waals surface area (Å²) in [5.41, 5.74) is 6.61. The Kier molecular flexibility index (Phi) is 2.98. The maximum Gasteiger partial charge on any atom is 0.241 e. The molecule has 5 nitrogen and oxygen atoms in total. The summed E-state index contributed by atoms with van der Waals surface area (Å²) in [5, 5.41) is 7.22. The first-order valence-corrected chi connectivity index (χ1v) is 8.15. The summed E-state index contributed by atoms with van der Waals surface area (Å²) in [6.45, 7) is 1.12. The van der Waals surface area contributed by atoms with Crippen LogP contribution in [0.1, 0.15) is 38.5 Å². The number of hydrogen-bond donors (Lipinski definition) is 2. The topological polar surface area (TPSA) is 72.9 Å². The molecule has 114 valence electrons. The van der Waals surface area contributed by atoms with Crippen LogP contribution in [0.4, 0.5) is 5.69 Å². The smallest absolute Gasteiger partial charge is 0.241 e. The Morgan fingerprint density at radius 2 is 1.90 bits per heavy atom. The van der Waals surface area contributed by atoms with Crippen LogP contribution >= 0.6 is 0 Å². The van der Waals surface area contributed by atoms with Gasteiger partial charge in [0.25, 0.3) is 0 Å². The predicted octanol–water partition coefficient (Wildman–Crippen LogP) is 1.80. The first-order chi connectivity index (χ1) is 10.1. The summed E-state index contributed by atoms with van der Waals surface area (Å²) in [6.07, 6.45) is 11.6. The minimum Gasteiger partial charge on any atom is -0.396 e. The number of rotatable bonds is 4. The fourth-order valence-corrected chi connectivity index (χ4v) is 5.46. The second kappa shape index (κ2) is 4.75. The standard InChI is InChI=1S/C16H24N4O/c17-14-7-19-20(8-14)9-15(21)18-10-16-4-11-1-12(5-16)3-13(2-11)6-16/h7-8,11-13H,1-6,9-10,17H2,(H,18,21). The minimum atomic E-state index is 0.0499. The van der Waals surface area contributed by atoms with E-state index in [2.05, 4.69) is 10.4 Å². The molecule has 5 heteroatoms. The zero-order valence-electron chi connectivity index (χ0n) is 12.4. The third kappa shape index (κ3) is 2.54. The predicted molar refractivity (Wildman–Crippen MR) is 80.3 cm³/mol. The number of nitrogens with two attached hydrogens (primary N) is 1. The normalized spacial score (nSPS) is 36.9. The Balaban J connectivity index is 1.35. The van der Waals surface area contributed by atoms with E-state index in [1.54, 1.807) is 17.1 Å². The molecule has 0 aromatic carbocycles. The van der Waals surface area contributed by atoms with E-state index in [4.69, 9.17) is 5.73 Å². The van der Waals surface area contributed by atoms with Crippen molar-refractivity contribution in [2.45, 2.75) is 45.1 Å². The van der Waals surface area contributed by atoms with Crippen LogP contribution in [0.25, 0.3) is 0 Å². The highest BCUT2D eigenvalue weighted by atomic mass is 16.2. The van der Waals surface area contributed by atoms with Crippen LogP contribution in [0, 0.1) is 23.2 Å². The van der Waals surface area contributed by atoms with Gasteiger partial charge in [-0.2, -0.15) is 5.10 Å². The molecule has 0 spiro atoms. The highest BCUT2D eigenvalue weighted by molar-refractivity contribution is 5.75. The van der Waals surface area contributed by atoms with Crippen molar-refractivity contribution in [3.05, 3.63) is 12.4 Å². The summed E-state index contributed by atoms with van der Waals surface area (Å²) in [6, 6.07) is 0. The van der Waals surface area contributed by atoms with Crippen molar-refractivity contribution in [3.8, 4) is 0 Å².